The third kappa shape index (κ3) is 5.61. The Balaban J connectivity index is 0.00000242. The van der Waals surface area contributed by atoms with Crippen molar-refractivity contribution < 1.29 is 19.7 Å². The number of aliphatic carboxylic acids is 1. The predicted molar refractivity (Wildman–Crippen MR) is 110 cm³/mol. The van der Waals surface area contributed by atoms with Crippen LogP contribution >= 0.6 is 67.8 Å². The van der Waals surface area contributed by atoms with Gasteiger partial charge in [0.2, 0.25) is 0 Å². The molecule has 2 aromatic carbocycles. The van der Waals surface area contributed by atoms with Crippen LogP contribution in [0.1, 0.15) is 5.56 Å². The first-order chi connectivity index (χ1) is 9.86. The van der Waals surface area contributed by atoms with Crippen LogP contribution in [-0.4, -0.2) is 43.5 Å². The molecule has 0 spiro atoms. The molecule has 4 nitrogen and oxygen atoms in total. The molecule has 4 radical (unpaired) electrons. The Labute approximate surface area is 188 Å². The molecule has 22 heavy (non-hydrogen) atoms. The summed E-state index contributed by atoms with van der Waals surface area (Å²) in [6, 6.07) is 8.62. The van der Waals surface area contributed by atoms with E-state index in [0.29, 0.717) is 15.1 Å². The van der Waals surface area contributed by atoms with Crippen molar-refractivity contribution in [2.45, 2.75) is 6.42 Å². The number of carbonyl (C=O) groups is 1. The number of phenols is 1. The number of phenolic OH excluding ortho intramolecular Hbond substituents is 1. The van der Waals surface area contributed by atoms with E-state index in [4.69, 9.17) is 9.84 Å². The minimum atomic E-state index is -0.858. The molecule has 0 heterocycles. The molecule has 0 fully saturated rings. The third-order valence-electron chi connectivity index (χ3n) is 2.55. The van der Waals surface area contributed by atoms with Crippen LogP contribution in [0.2, 0.25) is 0 Å². The van der Waals surface area contributed by atoms with E-state index in [1.54, 1.807) is 30.3 Å². The minimum absolute atomic E-state index is 0. The van der Waals surface area contributed by atoms with Gasteiger partial charge in [0.25, 0.3) is 0 Å². The van der Waals surface area contributed by atoms with E-state index in [1.165, 1.54) is 0 Å². The molecule has 8 heteroatoms. The third-order valence-corrected chi connectivity index (χ3v) is 5.02. The SMILES string of the molecule is O=C(O)Cc1cc(I)c(Oc2ccc(O)c(I)c2)c(I)c1.[Pb]. The number of hydrogen-bond donors (Lipinski definition) is 2. The maximum absolute atomic E-state index is 10.8. The van der Waals surface area contributed by atoms with E-state index >= 15 is 0 Å². The van der Waals surface area contributed by atoms with Gasteiger partial charge in [-0.25, -0.2) is 0 Å². The number of carboxylic acid groups (broad SMARTS) is 1. The Morgan fingerprint density at radius 1 is 1.05 bits per heavy atom. The number of carboxylic acids is 1. The molecule has 0 aliphatic rings. The Hall–Kier alpha value is 0.622. The van der Waals surface area contributed by atoms with Gasteiger partial charge >= 0.3 is 5.97 Å². The summed E-state index contributed by atoms with van der Waals surface area (Å²) in [5.74, 6) is 0.665. The zero-order chi connectivity index (χ0) is 15.6. The van der Waals surface area contributed by atoms with Gasteiger partial charge in [-0.15, -0.1) is 0 Å². The van der Waals surface area contributed by atoms with Crippen molar-refractivity contribution in [1.29, 1.82) is 0 Å². The Morgan fingerprint density at radius 2 is 1.64 bits per heavy atom. The van der Waals surface area contributed by atoms with Gasteiger partial charge in [-0.1, -0.05) is 0 Å². The Bertz CT molecular complexity index is 683. The summed E-state index contributed by atoms with van der Waals surface area (Å²) >= 11 is 6.28. The fourth-order valence-electron chi connectivity index (χ4n) is 1.66. The number of benzene rings is 2. The average Bonchev–Trinajstić information content (AvgIpc) is 2.37. The number of hydrogen-bond acceptors (Lipinski definition) is 3. The van der Waals surface area contributed by atoms with Crippen molar-refractivity contribution in [2.75, 3.05) is 0 Å². The molecule has 2 rings (SSSR count). The quantitative estimate of drug-likeness (QED) is 0.358. The molecule has 114 valence electrons. The monoisotopic (exact) mass is 830 g/mol. The zero-order valence-corrected chi connectivity index (χ0v) is 21.3. The van der Waals surface area contributed by atoms with E-state index in [2.05, 4.69) is 45.2 Å². The summed E-state index contributed by atoms with van der Waals surface area (Å²) in [6.07, 6.45) is -0.0105. The molecule has 0 saturated heterocycles. The molecule has 2 aromatic rings. The second-order valence-corrected chi connectivity index (χ2v) is 7.66. The predicted octanol–water partition coefficient (Wildman–Crippen LogP) is 4.24. The second-order valence-electron chi connectivity index (χ2n) is 4.17. The molecule has 0 aromatic heterocycles. The largest absolute Gasteiger partial charge is 0.507 e. The van der Waals surface area contributed by atoms with Gasteiger partial charge in [0.05, 0.1) is 17.1 Å². The first kappa shape index (κ1) is 20.7. The normalized spacial score (nSPS) is 9.95. The van der Waals surface area contributed by atoms with Crippen LogP contribution in [0.25, 0.3) is 0 Å². The summed E-state index contributed by atoms with van der Waals surface area (Å²) in [6.45, 7) is 0. The first-order valence-corrected chi connectivity index (χ1v) is 8.96. The van der Waals surface area contributed by atoms with E-state index in [1.807, 2.05) is 22.6 Å². The molecule has 0 aliphatic carbocycles. The smallest absolute Gasteiger partial charge is 0.307 e. The van der Waals surface area contributed by atoms with Gasteiger partial charge in [0.15, 0.2) is 5.75 Å². The minimum Gasteiger partial charge on any atom is -0.507 e. The summed E-state index contributed by atoms with van der Waals surface area (Å²) in [5, 5.41) is 18.4. The Morgan fingerprint density at radius 3 is 2.14 bits per heavy atom. The molecular weight excluding hydrogens is 820 g/mol. The van der Waals surface area contributed by atoms with Crippen molar-refractivity contribution in [3.8, 4) is 17.2 Å². The van der Waals surface area contributed by atoms with Crippen LogP contribution in [0.5, 0.6) is 17.2 Å². The summed E-state index contributed by atoms with van der Waals surface area (Å²) in [4.78, 5) is 10.8. The van der Waals surface area contributed by atoms with Gasteiger partial charge < -0.3 is 14.9 Å². The van der Waals surface area contributed by atoms with E-state index in [9.17, 15) is 9.90 Å². The summed E-state index contributed by atoms with van der Waals surface area (Å²) in [5.41, 5.74) is 0.740. The Kier molecular flexibility index (Phi) is 8.64. The van der Waals surface area contributed by atoms with Gasteiger partial charge in [-0.2, -0.15) is 0 Å². The standard InChI is InChI=1S/C14H9I3O4.Pb/c15-9-6-8(1-2-12(9)18)21-14-10(16)3-7(4-11(14)17)5-13(19)20;/h1-4,6,18H,5H2,(H,19,20);. The number of rotatable bonds is 4. The van der Waals surface area contributed by atoms with Crippen molar-refractivity contribution in [2.24, 2.45) is 0 Å². The molecule has 0 bridgehead atoms. The van der Waals surface area contributed by atoms with Crippen LogP contribution in [0.4, 0.5) is 0 Å². The molecule has 0 saturated carbocycles. The maximum Gasteiger partial charge on any atom is 0.307 e. The molecule has 0 unspecified atom stereocenters. The van der Waals surface area contributed by atoms with Crippen molar-refractivity contribution in [1.82, 2.24) is 0 Å². The number of ether oxygens (including phenoxy) is 1. The van der Waals surface area contributed by atoms with E-state index < -0.39 is 5.97 Å². The number of aromatic hydroxyl groups is 1. The molecule has 0 atom stereocenters. The second kappa shape index (κ2) is 9.20. The van der Waals surface area contributed by atoms with Crippen LogP contribution in [0, 0.1) is 10.7 Å². The van der Waals surface area contributed by atoms with Crippen molar-refractivity contribution in [3.63, 3.8) is 0 Å². The first-order valence-electron chi connectivity index (χ1n) is 5.73. The molecule has 0 aliphatic heterocycles. The van der Waals surface area contributed by atoms with Crippen LogP contribution in [0.15, 0.2) is 30.3 Å². The van der Waals surface area contributed by atoms with Crippen molar-refractivity contribution in [3.05, 3.63) is 46.6 Å². The van der Waals surface area contributed by atoms with E-state index in [0.717, 1.165) is 12.7 Å². The van der Waals surface area contributed by atoms with Crippen LogP contribution in [-0.2, 0) is 11.2 Å². The van der Waals surface area contributed by atoms with Gasteiger partial charge in [0, 0.05) is 27.3 Å². The summed E-state index contributed by atoms with van der Waals surface area (Å²) < 4.78 is 8.26. The fraction of sp³-hybridized carbons (Fsp3) is 0.0714. The van der Waals surface area contributed by atoms with Gasteiger partial charge in [-0.3, -0.25) is 4.79 Å². The number of halogens is 3. The van der Waals surface area contributed by atoms with Crippen LogP contribution in [0.3, 0.4) is 0 Å². The van der Waals surface area contributed by atoms with Gasteiger partial charge in [0.1, 0.15) is 11.5 Å². The average molecular weight is 829 g/mol. The topological polar surface area (TPSA) is 66.8 Å². The van der Waals surface area contributed by atoms with Crippen LogP contribution < -0.4 is 4.74 Å². The fourth-order valence-corrected chi connectivity index (χ4v) is 4.26. The maximum atomic E-state index is 10.8. The molecule has 2 N–H and O–H groups in total. The zero-order valence-electron chi connectivity index (χ0n) is 10.9. The van der Waals surface area contributed by atoms with E-state index in [-0.39, 0.29) is 39.5 Å². The van der Waals surface area contributed by atoms with Gasteiger partial charge in [-0.05, 0) is 104 Å². The summed E-state index contributed by atoms with van der Waals surface area (Å²) in [7, 11) is 0. The molecular formula is C14H9I3O4Pb. The molecule has 0 amide bonds. The van der Waals surface area contributed by atoms with Crippen molar-refractivity contribution >= 4 is 101 Å².